The van der Waals surface area contributed by atoms with Crippen molar-refractivity contribution < 1.29 is 9.90 Å². The summed E-state index contributed by atoms with van der Waals surface area (Å²) in [6.07, 6.45) is 3.45. The largest absolute Gasteiger partial charge is 0.480 e. The Bertz CT molecular complexity index is 622. The topological polar surface area (TPSA) is 67.5 Å². The molecule has 6 heteroatoms. The molecule has 20 heavy (non-hydrogen) atoms. The van der Waals surface area contributed by atoms with Gasteiger partial charge in [0.1, 0.15) is 10.3 Å². The quantitative estimate of drug-likeness (QED) is 0.858. The minimum Gasteiger partial charge on any atom is -0.480 e. The number of nitrogens with zero attached hydrogens (tertiary/aromatic N) is 3. The van der Waals surface area contributed by atoms with E-state index in [1.54, 1.807) is 16.9 Å². The van der Waals surface area contributed by atoms with Crippen molar-refractivity contribution in [3.8, 4) is 0 Å². The van der Waals surface area contributed by atoms with E-state index in [2.05, 4.69) is 23.9 Å². The Morgan fingerprint density at radius 1 is 1.35 bits per heavy atom. The van der Waals surface area contributed by atoms with Crippen LogP contribution in [-0.2, 0) is 4.79 Å². The van der Waals surface area contributed by atoms with Gasteiger partial charge in [0.2, 0.25) is 0 Å². The van der Waals surface area contributed by atoms with Gasteiger partial charge in [-0.05, 0) is 17.9 Å². The highest BCUT2D eigenvalue weighted by Gasteiger charge is 2.24. The molecule has 1 atom stereocenters. The first-order chi connectivity index (χ1) is 9.40. The molecule has 0 spiro atoms. The molecule has 0 fully saturated rings. The van der Waals surface area contributed by atoms with E-state index in [0.717, 1.165) is 11.2 Å². The zero-order valence-electron chi connectivity index (χ0n) is 12.1. The molecule has 2 heterocycles. The monoisotopic (exact) mass is 293 g/mol. The molecule has 1 N–H and O–H groups in total. The average molecular weight is 293 g/mol. The molecule has 1 unspecified atom stereocenters. The van der Waals surface area contributed by atoms with E-state index < -0.39 is 11.2 Å². The molecule has 2 aromatic rings. The van der Waals surface area contributed by atoms with Gasteiger partial charge in [-0.25, -0.2) is 9.50 Å². The van der Waals surface area contributed by atoms with Gasteiger partial charge in [-0.1, -0.05) is 39.5 Å². The second kappa shape index (κ2) is 5.83. The molecule has 0 aliphatic carbocycles. The van der Waals surface area contributed by atoms with Crippen molar-refractivity contribution in [2.45, 2.75) is 43.9 Å². The minimum absolute atomic E-state index is 0.0343. The molecule has 2 aromatic heterocycles. The zero-order chi connectivity index (χ0) is 14.9. The van der Waals surface area contributed by atoms with Crippen LogP contribution in [0.5, 0.6) is 0 Å². The summed E-state index contributed by atoms with van der Waals surface area (Å²) in [6, 6.07) is 1.99. The van der Waals surface area contributed by atoms with Crippen molar-refractivity contribution in [3.63, 3.8) is 0 Å². The lowest BCUT2D eigenvalue weighted by Crippen LogP contribution is -2.22. The summed E-state index contributed by atoms with van der Waals surface area (Å²) in [5.74, 6) is -0.447. The second-order valence-electron chi connectivity index (χ2n) is 5.41. The molecule has 0 saturated carbocycles. The first-order valence-electron chi connectivity index (χ1n) is 6.64. The van der Waals surface area contributed by atoms with Crippen LogP contribution in [0.3, 0.4) is 0 Å². The smallest absolute Gasteiger partial charge is 0.317 e. The SMILES string of the molecule is CC(C)c1cc2c(SC(C(=O)O)C(C)C)nccn2n1. The number of fused-ring (bicyclic) bond motifs is 1. The fourth-order valence-electron chi connectivity index (χ4n) is 1.88. The van der Waals surface area contributed by atoms with Crippen LogP contribution < -0.4 is 0 Å². The molecule has 0 aliphatic rings. The maximum absolute atomic E-state index is 11.3. The molecule has 0 radical (unpaired) electrons. The van der Waals surface area contributed by atoms with Crippen LogP contribution in [0.15, 0.2) is 23.5 Å². The Hall–Kier alpha value is -1.56. The van der Waals surface area contributed by atoms with Gasteiger partial charge in [-0.15, -0.1) is 0 Å². The van der Waals surface area contributed by atoms with Gasteiger partial charge in [-0.2, -0.15) is 5.10 Å². The number of hydrogen-bond acceptors (Lipinski definition) is 4. The number of carbonyl (C=O) groups is 1. The lowest BCUT2D eigenvalue weighted by molar-refractivity contribution is -0.137. The number of aromatic nitrogens is 3. The van der Waals surface area contributed by atoms with Crippen molar-refractivity contribution in [1.82, 2.24) is 14.6 Å². The summed E-state index contributed by atoms with van der Waals surface area (Å²) < 4.78 is 1.77. The maximum atomic E-state index is 11.3. The lowest BCUT2D eigenvalue weighted by atomic mass is 10.1. The summed E-state index contributed by atoms with van der Waals surface area (Å²) >= 11 is 1.29. The van der Waals surface area contributed by atoms with E-state index in [0.29, 0.717) is 10.9 Å². The second-order valence-corrected chi connectivity index (χ2v) is 6.54. The third kappa shape index (κ3) is 2.95. The molecule has 0 aliphatic heterocycles. The average Bonchev–Trinajstić information content (AvgIpc) is 2.79. The van der Waals surface area contributed by atoms with E-state index in [1.807, 2.05) is 19.9 Å². The molecule has 0 aromatic carbocycles. The summed E-state index contributed by atoms with van der Waals surface area (Å²) in [7, 11) is 0. The minimum atomic E-state index is -0.808. The molecule has 108 valence electrons. The highest BCUT2D eigenvalue weighted by molar-refractivity contribution is 8.00. The predicted molar refractivity (Wildman–Crippen MR) is 79.2 cm³/mol. The summed E-state index contributed by atoms with van der Waals surface area (Å²) in [5, 5.41) is 14.0. The van der Waals surface area contributed by atoms with E-state index >= 15 is 0 Å². The Balaban J connectivity index is 2.41. The van der Waals surface area contributed by atoms with Gasteiger partial charge in [0.25, 0.3) is 0 Å². The van der Waals surface area contributed by atoms with Gasteiger partial charge in [-0.3, -0.25) is 4.79 Å². The maximum Gasteiger partial charge on any atom is 0.317 e. The number of aliphatic carboxylic acids is 1. The van der Waals surface area contributed by atoms with Crippen molar-refractivity contribution in [3.05, 3.63) is 24.2 Å². The Morgan fingerprint density at radius 2 is 2.05 bits per heavy atom. The third-order valence-electron chi connectivity index (χ3n) is 3.05. The van der Waals surface area contributed by atoms with Crippen LogP contribution in [0.1, 0.15) is 39.3 Å². The first-order valence-corrected chi connectivity index (χ1v) is 7.52. The van der Waals surface area contributed by atoms with Gasteiger partial charge in [0.05, 0.1) is 11.2 Å². The Kier molecular flexibility index (Phi) is 4.32. The summed E-state index contributed by atoms with van der Waals surface area (Å²) in [4.78, 5) is 15.6. The predicted octanol–water partition coefficient (Wildman–Crippen LogP) is 3.05. The molecule has 0 bridgehead atoms. The highest BCUT2D eigenvalue weighted by Crippen LogP contribution is 2.30. The molecule has 0 amide bonds. The Labute approximate surface area is 122 Å². The number of thioether (sulfide) groups is 1. The van der Waals surface area contributed by atoms with Crippen molar-refractivity contribution in [2.24, 2.45) is 5.92 Å². The van der Waals surface area contributed by atoms with E-state index in [4.69, 9.17) is 0 Å². The van der Waals surface area contributed by atoms with Gasteiger partial charge in [0, 0.05) is 12.4 Å². The Morgan fingerprint density at radius 3 is 2.60 bits per heavy atom. The van der Waals surface area contributed by atoms with Crippen LogP contribution in [0, 0.1) is 5.92 Å². The molecule has 0 saturated heterocycles. The van der Waals surface area contributed by atoms with Gasteiger partial charge in [0.15, 0.2) is 0 Å². The van der Waals surface area contributed by atoms with Crippen LogP contribution in [0.25, 0.3) is 5.52 Å². The van der Waals surface area contributed by atoms with Crippen LogP contribution in [-0.4, -0.2) is 30.9 Å². The van der Waals surface area contributed by atoms with E-state index in [9.17, 15) is 9.90 Å². The zero-order valence-corrected chi connectivity index (χ0v) is 12.9. The fourth-order valence-corrected chi connectivity index (χ4v) is 2.89. The molecule has 5 nitrogen and oxygen atoms in total. The number of carboxylic acid groups (broad SMARTS) is 1. The summed E-state index contributed by atoms with van der Waals surface area (Å²) in [6.45, 7) is 7.97. The first kappa shape index (κ1) is 14.8. The number of hydrogen-bond donors (Lipinski definition) is 1. The number of carboxylic acids is 1. The normalized spacial score (nSPS) is 13.3. The summed E-state index contributed by atoms with van der Waals surface area (Å²) in [5.41, 5.74) is 1.85. The molecule has 2 rings (SSSR count). The van der Waals surface area contributed by atoms with Crippen molar-refractivity contribution >= 4 is 23.2 Å². The van der Waals surface area contributed by atoms with E-state index in [1.165, 1.54) is 11.8 Å². The molecular formula is C14H19N3O2S. The van der Waals surface area contributed by atoms with Crippen molar-refractivity contribution in [2.75, 3.05) is 0 Å². The van der Waals surface area contributed by atoms with Crippen LogP contribution >= 0.6 is 11.8 Å². The fraction of sp³-hybridized carbons (Fsp3) is 0.500. The van der Waals surface area contributed by atoms with Crippen LogP contribution in [0.2, 0.25) is 0 Å². The standard InChI is InChI=1S/C14H19N3O2S/c1-8(2)10-7-11-13(15-5-6-17(11)16-10)20-12(9(3)4)14(18)19/h5-9,12H,1-4H3,(H,18,19). The lowest BCUT2D eigenvalue weighted by Gasteiger charge is -2.15. The van der Waals surface area contributed by atoms with Gasteiger partial charge < -0.3 is 5.11 Å². The number of rotatable bonds is 5. The van der Waals surface area contributed by atoms with Crippen molar-refractivity contribution in [1.29, 1.82) is 0 Å². The van der Waals surface area contributed by atoms with Crippen LogP contribution in [0.4, 0.5) is 0 Å². The van der Waals surface area contributed by atoms with E-state index in [-0.39, 0.29) is 5.92 Å². The van der Waals surface area contributed by atoms with Gasteiger partial charge >= 0.3 is 5.97 Å². The molecular weight excluding hydrogens is 274 g/mol. The third-order valence-corrected chi connectivity index (χ3v) is 4.59. The highest BCUT2D eigenvalue weighted by atomic mass is 32.2.